The van der Waals surface area contributed by atoms with Gasteiger partial charge in [0.2, 0.25) is 0 Å². The second-order valence-corrected chi connectivity index (χ2v) is 11.6. The van der Waals surface area contributed by atoms with Crippen LogP contribution >= 0.6 is 11.3 Å². The fourth-order valence-electron chi connectivity index (χ4n) is 5.64. The van der Waals surface area contributed by atoms with Crippen molar-refractivity contribution in [3.05, 3.63) is 64.5 Å². The number of nitrogens with one attached hydrogen (secondary N) is 1. The van der Waals surface area contributed by atoms with Crippen LogP contribution in [0.4, 0.5) is 5.13 Å². The molecular weight excluding hydrogens is 522 g/mol. The van der Waals surface area contributed by atoms with Crippen LogP contribution in [-0.2, 0) is 6.42 Å². The minimum absolute atomic E-state index is 0.0169. The SMILES string of the molecule is CCCCc1ccc(OC)c(-c2csc(NC(=O)c3ccc(C(=O)N4CCC(N5CCC(N)C5)CC4)cc3)n2)c1. The van der Waals surface area contributed by atoms with E-state index in [9.17, 15) is 9.59 Å². The predicted octanol–water partition coefficient (Wildman–Crippen LogP) is 5.05. The summed E-state index contributed by atoms with van der Waals surface area (Å²) in [5, 5.41) is 5.35. The van der Waals surface area contributed by atoms with Gasteiger partial charge in [0.1, 0.15) is 5.75 Å². The van der Waals surface area contributed by atoms with Crippen LogP contribution in [0, 0.1) is 0 Å². The topological polar surface area (TPSA) is 101 Å². The molecule has 2 aliphatic heterocycles. The van der Waals surface area contributed by atoms with Gasteiger partial charge in [-0.25, -0.2) is 4.98 Å². The number of carbonyl (C=O) groups is 2. The fraction of sp³-hybridized carbons (Fsp3) is 0.452. The molecule has 2 saturated heterocycles. The fourth-order valence-corrected chi connectivity index (χ4v) is 6.35. The summed E-state index contributed by atoms with van der Waals surface area (Å²) < 4.78 is 5.57. The highest BCUT2D eigenvalue weighted by molar-refractivity contribution is 7.14. The molecule has 5 rings (SSSR count). The molecule has 3 heterocycles. The van der Waals surface area contributed by atoms with Gasteiger partial charge < -0.3 is 15.4 Å². The number of aromatic nitrogens is 1. The summed E-state index contributed by atoms with van der Waals surface area (Å²) in [5.41, 5.74) is 10.1. The zero-order valence-corrected chi connectivity index (χ0v) is 24.2. The molecule has 9 heteroatoms. The maximum atomic E-state index is 13.1. The molecule has 1 aromatic heterocycles. The van der Waals surface area contributed by atoms with Gasteiger partial charge >= 0.3 is 0 Å². The normalized spacial score (nSPS) is 18.2. The number of ether oxygens (including phenoxy) is 1. The highest BCUT2D eigenvalue weighted by Gasteiger charge is 2.31. The molecule has 3 aromatic rings. The van der Waals surface area contributed by atoms with E-state index < -0.39 is 0 Å². The lowest BCUT2D eigenvalue weighted by molar-refractivity contribution is 0.0643. The van der Waals surface area contributed by atoms with E-state index in [-0.39, 0.29) is 17.9 Å². The standard InChI is InChI=1S/C31H39N5O3S/c1-3-4-5-21-6-11-28(39-2)26(18-21)27-20-40-31(33-27)34-29(37)22-7-9-23(10-8-22)30(38)35-16-13-25(14-17-35)36-15-12-24(32)19-36/h6-11,18,20,24-25H,3-5,12-17,19,32H2,1-2H3,(H,33,34,37). The zero-order chi connectivity index (χ0) is 28.1. The van der Waals surface area contributed by atoms with Gasteiger partial charge in [-0.2, -0.15) is 0 Å². The average molecular weight is 562 g/mol. The molecule has 0 aliphatic carbocycles. The minimum Gasteiger partial charge on any atom is -0.496 e. The summed E-state index contributed by atoms with van der Waals surface area (Å²) in [5.74, 6) is 0.518. The van der Waals surface area contributed by atoms with Crippen LogP contribution in [0.2, 0.25) is 0 Å². The van der Waals surface area contributed by atoms with Gasteiger partial charge in [-0.15, -0.1) is 11.3 Å². The number of thiazole rings is 1. The Kier molecular flexibility index (Phi) is 9.14. The van der Waals surface area contributed by atoms with E-state index in [1.54, 1.807) is 31.4 Å². The Labute approximate surface area is 240 Å². The number of aryl methyl sites for hydroxylation is 1. The van der Waals surface area contributed by atoms with Crippen molar-refractivity contribution in [1.29, 1.82) is 0 Å². The van der Waals surface area contributed by atoms with E-state index in [1.807, 2.05) is 16.3 Å². The molecule has 2 amide bonds. The van der Waals surface area contributed by atoms with Gasteiger partial charge in [-0.05, 0) is 74.1 Å². The number of carbonyl (C=O) groups excluding carboxylic acids is 2. The van der Waals surface area contributed by atoms with E-state index >= 15 is 0 Å². The predicted molar refractivity (Wildman–Crippen MR) is 160 cm³/mol. The quantitative estimate of drug-likeness (QED) is 0.379. The van der Waals surface area contributed by atoms with Crippen molar-refractivity contribution in [2.24, 2.45) is 5.73 Å². The number of hydrogen-bond donors (Lipinski definition) is 2. The number of methoxy groups -OCH3 is 1. The van der Waals surface area contributed by atoms with Crippen molar-refractivity contribution in [2.45, 2.75) is 57.5 Å². The van der Waals surface area contributed by atoms with Crippen LogP contribution in [0.5, 0.6) is 5.75 Å². The molecule has 0 spiro atoms. The minimum atomic E-state index is -0.256. The molecular formula is C31H39N5O3S. The molecule has 1 atom stereocenters. The Hall–Kier alpha value is -3.27. The summed E-state index contributed by atoms with van der Waals surface area (Å²) in [7, 11) is 1.65. The van der Waals surface area contributed by atoms with Crippen LogP contribution in [-0.4, -0.2) is 72.0 Å². The number of hydrogen-bond acceptors (Lipinski definition) is 7. The van der Waals surface area contributed by atoms with Crippen LogP contribution in [0.3, 0.4) is 0 Å². The third-order valence-electron chi connectivity index (χ3n) is 8.00. The van der Waals surface area contributed by atoms with E-state index in [4.69, 9.17) is 10.5 Å². The molecule has 0 saturated carbocycles. The summed E-state index contributed by atoms with van der Waals surface area (Å²) in [6.07, 6.45) is 6.28. The van der Waals surface area contributed by atoms with Gasteiger partial charge in [0.05, 0.1) is 12.8 Å². The van der Waals surface area contributed by atoms with Crippen molar-refractivity contribution in [3.8, 4) is 17.0 Å². The first kappa shape index (κ1) is 28.3. The number of unbranched alkanes of at least 4 members (excludes halogenated alkanes) is 1. The smallest absolute Gasteiger partial charge is 0.257 e. The number of nitrogens with zero attached hydrogens (tertiary/aromatic N) is 3. The van der Waals surface area contributed by atoms with E-state index in [1.165, 1.54) is 16.9 Å². The van der Waals surface area contributed by atoms with Gasteiger partial charge in [0.15, 0.2) is 5.13 Å². The van der Waals surface area contributed by atoms with Crippen molar-refractivity contribution in [1.82, 2.24) is 14.8 Å². The second kappa shape index (κ2) is 12.9. The number of piperidine rings is 1. The molecule has 2 aliphatic rings. The average Bonchev–Trinajstić information content (AvgIpc) is 3.64. The maximum Gasteiger partial charge on any atom is 0.257 e. The van der Waals surface area contributed by atoms with Crippen LogP contribution in [0.25, 0.3) is 11.3 Å². The number of benzene rings is 2. The Morgan fingerprint density at radius 2 is 1.82 bits per heavy atom. The van der Waals surface area contributed by atoms with Gasteiger partial charge in [-0.1, -0.05) is 19.4 Å². The summed E-state index contributed by atoms with van der Waals surface area (Å²) in [6.45, 7) is 5.70. The second-order valence-electron chi connectivity index (χ2n) is 10.8. The molecule has 2 fully saturated rings. The van der Waals surface area contributed by atoms with Crippen molar-refractivity contribution in [3.63, 3.8) is 0 Å². The molecule has 8 nitrogen and oxygen atoms in total. The van der Waals surface area contributed by atoms with E-state index in [0.29, 0.717) is 22.3 Å². The first-order valence-corrected chi connectivity index (χ1v) is 15.2. The number of rotatable bonds is 9. The lowest BCUT2D eigenvalue weighted by Crippen LogP contribution is -2.46. The molecule has 3 N–H and O–H groups in total. The number of nitrogens with two attached hydrogens (primary N) is 1. The first-order chi connectivity index (χ1) is 19.4. The Morgan fingerprint density at radius 3 is 2.50 bits per heavy atom. The number of amides is 2. The van der Waals surface area contributed by atoms with Crippen LogP contribution in [0.1, 0.15) is 65.3 Å². The summed E-state index contributed by atoms with van der Waals surface area (Å²) in [6, 6.07) is 13.9. The van der Waals surface area contributed by atoms with Crippen LogP contribution in [0.15, 0.2) is 47.8 Å². The van der Waals surface area contributed by atoms with E-state index in [0.717, 1.165) is 81.7 Å². The maximum absolute atomic E-state index is 13.1. The zero-order valence-electron chi connectivity index (χ0n) is 23.4. The summed E-state index contributed by atoms with van der Waals surface area (Å²) in [4.78, 5) is 35.1. The third kappa shape index (κ3) is 6.54. The molecule has 2 aromatic carbocycles. The molecule has 0 bridgehead atoms. The first-order valence-electron chi connectivity index (χ1n) is 14.3. The Morgan fingerprint density at radius 1 is 1.07 bits per heavy atom. The highest BCUT2D eigenvalue weighted by Crippen LogP contribution is 2.33. The molecule has 40 heavy (non-hydrogen) atoms. The Bertz CT molecular complexity index is 1320. The van der Waals surface area contributed by atoms with E-state index in [2.05, 4.69) is 34.3 Å². The third-order valence-corrected chi connectivity index (χ3v) is 8.76. The van der Waals surface area contributed by atoms with Crippen molar-refractivity contribution >= 4 is 28.3 Å². The monoisotopic (exact) mass is 561 g/mol. The van der Waals surface area contributed by atoms with Crippen molar-refractivity contribution < 1.29 is 14.3 Å². The summed E-state index contributed by atoms with van der Waals surface area (Å²) >= 11 is 1.38. The lowest BCUT2D eigenvalue weighted by Gasteiger charge is -2.36. The number of likely N-dealkylation sites (tertiary alicyclic amines) is 2. The molecule has 212 valence electrons. The van der Waals surface area contributed by atoms with Gasteiger partial charge in [-0.3, -0.25) is 19.8 Å². The van der Waals surface area contributed by atoms with Gasteiger partial charge in [0, 0.05) is 60.3 Å². The highest BCUT2D eigenvalue weighted by atomic mass is 32.1. The van der Waals surface area contributed by atoms with Crippen LogP contribution < -0.4 is 15.8 Å². The number of anilines is 1. The largest absolute Gasteiger partial charge is 0.496 e. The molecule has 0 radical (unpaired) electrons. The van der Waals surface area contributed by atoms with Crippen molar-refractivity contribution in [2.75, 3.05) is 38.6 Å². The lowest BCUT2D eigenvalue weighted by atomic mass is 10.0. The molecule has 1 unspecified atom stereocenters. The van der Waals surface area contributed by atoms with Gasteiger partial charge in [0.25, 0.3) is 11.8 Å². The Balaban J connectivity index is 1.18.